The van der Waals surface area contributed by atoms with Gasteiger partial charge in [0.25, 0.3) is 0 Å². The van der Waals surface area contributed by atoms with Crippen LogP contribution in [0.15, 0.2) is 0 Å². The predicted molar refractivity (Wildman–Crippen MR) is 83.6 cm³/mol. The average molecular weight is 272 g/mol. The highest BCUT2D eigenvalue weighted by atomic mass is 16.5. The highest BCUT2D eigenvalue weighted by molar-refractivity contribution is 4.88. The summed E-state index contributed by atoms with van der Waals surface area (Å²) >= 11 is 0. The first-order chi connectivity index (χ1) is 8.50. The van der Waals surface area contributed by atoms with Crippen molar-refractivity contribution in [3.05, 3.63) is 0 Å². The molecule has 19 heavy (non-hydrogen) atoms. The van der Waals surface area contributed by atoms with Crippen LogP contribution < -0.4 is 0 Å². The lowest BCUT2D eigenvalue weighted by Gasteiger charge is -2.43. The van der Waals surface area contributed by atoms with E-state index < -0.39 is 0 Å². The third-order valence-electron chi connectivity index (χ3n) is 4.90. The van der Waals surface area contributed by atoms with Gasteiger partial charge in [-0.25, -0.2) is 0 Å². The molecule has 0 aliphatic rings. The first kappa shape index (κ1) is 18.9. The van der Waals surface area contributed by atoms with E-state index in [4.69, 9.17) is 9.47 Å². The van der Waals surface area contributed by atoms with Crippen molar-refractivity contribution in [2.24, 2.45) is 11.3 Å². The third kappa shape index (κ3) is 5.43. The van der Waals surface area contributed by atoms with Gasteiger partial charge in [-0.05, 0) is 46.5 Å². The highest BCUT2D eigenvalue weighted by Crippen LogP contribution is 2.38. The molecule has 0 radical (unpaired) electrons. The third-order valence-corrected chi connectivity index (χ3v) is 4.90. The van der Waals surface area contributed by atoms with E-state index in [0.29, 0.717) is 5.92 Å². The summed E-state index contributed by atoms with van der Waals surface area (Å²) in [4.78, 5) is 0. The van der Waals surface area contributed by atoms with Gasteiger partial charge in [-0.1, -0.05) is 34.1 Å². The lowest BCUT2D eigenvalue weighted by atomic mass is 9.74. The van der Waals surface area contributed by atoms with Crippen LogP contribution in [-0.4, -0.2) is 24.4 Å². The Balaban J connectivity index is 4.54. The van der Waals surface area contributed by atoms with Crippen LogP contribution in [0.3, 0.4) is 0 Å². The number of ether oxygens (including phenoxy) is 2. The summed E-state index contributed by atoms with van der Waals surface area (Å²) < 4.78 is 12.1. The van der Waals surface area contributed by atoms with Gasteiger partial charge in [-0.3, -0.25) is 0 Å². The SMILES string of the molecule is CCCC(C)(C)C(C)(C)OCC(C)C(C)(C)OCC. The van der Waals surface area contributed by atoms with Crippen molar-refractivity contribution in [3.63, 3.8) is 0 Å². The van der Waals surface area contributed by atoms with E-state index in [2.05, 4.69) is 55.4 Å². The van der Waals surface area contributed by atoms with Crippen molar-refractivity contribution in [1.82, 2.24) is 0 Å². The van der Waals surface area contributed by atoms with E-state index in [1.165, 1.54) is 12.8 Å². The summed E-state index contributed by atoms with van der Waals surface area (Å²) in [7, 11) is 0. The molecule has 1 atom stereocenters. The second-order valence-electron chi connectivity index (χ2n) is 7.39. The molecule has 0 spiro atoms. The maximum Gasteiger partial charge on any atom is 0.0677 e. The largest absolute Gasteiger partial charge is 0.375 e. The molecule has 0 heterocycles. The molecule has 0 aromatic carbocycles. The maximum absolute atomic E-state index is 6.26. The van der Waals surface area contributed by atoms with E-state index in [1.807, 2.05) is 6.92 Å². The summed E-state index contributed by atoms with van der Waals surface area (Å²) in [6.07, 6.45) is 2.38. The van der Waals surface area contributed by atoms with Gasteiger partial charge in [-0.2, -0.15) is 0 Å². The molecule has 1 unspecified atom stereocenters. The highest BCUT2D eigenvalue weighted by Gasteiger charge is 2.38. The van der Waals surface area contributed by atoms with Crippen LogP contribution in [0.1, 0.15) is 75.2 Å². The molecule has 0 bridgehead atoms. The van der Waals surface area contributed by atoms with Gasteiger partial charge in [0.2, 0.25) is 0 Å². The second kappa shape index (κ2) is 7.08. The molecule has 0 rings (SSSR count). The summed E-state index contributed by atoms with van der Waals surface area (Å²) in [6.45, 7) is 21.3. The van der Waals surface area contributed by atoms with Gasteiger partial charge in [0.15, 0.2) is 0 Å². The minimum atomic E-state index is -0.125. The number of rotatable bonds is 9. The van der Waals surface area contributed by atoms with Crippen LogP contribution in [0, 0.1) is 11.3 Å². The molecule has 2 heteroatoms. The molecule has 0 saturated heterocycles. The summed E-state index contributed by atoms with van der Waals surface area (Å²) in [5, 5.41) is 0. The minimum Gasteiger partial charge on any atom is -0.375 e. The molecule has 0 aliphatic carbocycles. The Bertz CT molecular complexity index is 254. The zero-order valence-corrected chi connectivity index (χ0v) is 14.7. The van der Waals surface area contributed by atoms with Crippen LogP contribution in [0.5, 0.6) is 0 Å². The minimum absolute atomic E-state index is 0.112. The predicted octanol–water partition coefficient (Wildman–Crippen LogP) is 5.06. The Morgan fingerprint density at radius 3 is 1.84 bits per heavy atom. The van der Waals surface area contributed by atoms with Gasteiger partial charge in [-0.15, -0.1) is 0 Å². The van der Waals surface area contributed by atoms with E-state index in [0.717, 1.165) is 13.2 Å². The fourth-order valence-corrected chi connectivity index (χ4v) is 2.17. The van der Waals surface area contributed by atoms with Crippen LogP contribution in [0.4, 0.5) is 0 Å². The van der Waals surface area contributed by atoms with Crippen molar-refractivity contribution < 1.29 is 9.47 Å². The summed E-state index contributed by atoms with van der Waals surface area (Å²) in [5.74, 6) is 0.379. The van der Waals surface area contributed by atoms with E-state index in [1.54, 1.807) is 0 Å². The molecule has 0 aromatic rings. The first-order valence-corrected chi connectivity index (χ1v) is 7.78. The molecule has 0 fully saturated rings. The van der Waals surface area contributed by atoms with Crippen molar-refractivity contribution in [1.29, 1.82) is 0 Å². The zero-order valence-electron chi connectivity index (χ0n) is 14.7. The molecular weight excluding hydrogens is 236 g/mol. The van der Waals surface area contributed by atoms with Crippen LogP contribution in [-0.2, 0) is 9.47 Å². The van der Waals surface area contributed by atoms with Gasteiger partial charge >= 0.3 is 0 Å². The Morgan fingerprint density at radius 1 is 0.895 bits per heavy atom. The zero-order chi connectivity index (χ0) is 15.3. The van der Waals surface area contributed by atoms with Gasteiger partial charge in [0.1, 0.15) is 0 Å². The number of hydrogen-bond donors (Lipinski definition) is 0. The van der Waals surface area contributed by atoms with E-state index in [9.17, 15) is 0 Å². The first-order valence-electron chi connectivity index (χ1n) is 7.78. The Hall–Kier alpha value is -0.0800. The normalized spacial score (nSPS) is 15.6. The monoisotopic (exact) mass is 272 g/mol. The molecule has 0 aromatic heterocycles. The molecular formula is C17H36O2. The standard InChI is InChI=1S/C17H36O2/c1-10-12-15(4,5)17(8,9)19-13-14(3)16(6,7)18-11-2/h14H,10-13H2,1-9H3. The van der Waals surface area contributed by atoms with Crippen molar-refractivity contribution in [2.75, 3.05) is 13.2 Å². The van der Waals surface area contributed by atoms with Crippen molar-refractivity contribution in [2.45, 2.75) is 86.4 Å². The maximum atomic E-state index is 6.26. The van der Waals surface area contributed by atoms with Gasteiger partial charge in [0, 0.05) is 12.5 Å². The van der Waals surface area contributed by atoms with Crippen molar-refractivity contribution in [3.8, 4) is 0 Å². The van der Waals surface area contributed by atoms with Crippen LogP contribution in [0.25, 0.3) is 0 Å². The Kier molecular flexibility index (Phi) is 7.05. The smallest absolute Gasteiger partial charge is 0.0677 e. The second-order valence-corrected chi connectivity index (χ2v) is 7.39. The van der Waals surface area contributed by atoms with Gasteiger partial charge in [0.05, 0.1) is 17.8 Å². The quantitative estimate of drug-likeness (QED) is 0.584. The van der Waals surface area contributed by atoms with E-state index in [-0.39, 0.29) is 16.6 Å². The van der Waals surface area contributed by atoms with E-state index >= 15 is 0 Å². The van der Waals surface area contributed by atoms with Crippen LogP contribution >= 0.6 is 0 Å². The fourth-order valence-electron chi connectivity index (χ4n) is 2.17. The fraction of sp³-hybridized carbons (Fsp3) is 1.00. The topological polar surface area (TPSA) is 18.5 Å². The molecule has 0 saturated carbocycles. The summed E-state index contributed by atoms with van der Waals surface area (Å²) in [6, 6.07) is 0. The van der Waals surface area contributed by atoms with Gasteiger partial charge < -0.3 is 9.47 Å². The molecule has 116 valence electrons. The molecule has 0 aliphatic heterocycles. The molecule has 0 amide bonds. The Labute approximate surface area is 121 Å². The average Bonchev–Trinajstić information content (AvgIpc) is 2.25. The summed E-state index contributed by atoms with van der Waals surface area (Å²) in [5.41, 5.74) is -0.0451. The van der Waals surface area contributed by atoms with Crippen LogP contribution in [0.2, 0.25) is 0 Å². The van der Waals surface area contributed by atoms with Crippen molar-refractivity contribution >= 4 is 0 Å². The number of hydrogen-bond acceptors (Lipinski definition) is 2. The lowest BCUT2D eigenvalue weighted by molar-refractivity contribution is -0.140. The Morgan fingerprint density at radius 2 is 1.42 bits per heavy atom. The lowest BCUT2D eigenvalue weighted by Crippen LogP contribution is -2.45. The molecule has 2 nitrogen and oxygen atoms in total. The molecule has 0 N–H and O–H groups in total.